The van der Waals surface area contributed by atoms with Gasteiger partial charge in [-0.25, -0.2) is 4.85 Å². The second-order valence-electron chi connectivity index (χ2n) is 7.69. The van der Waals surface area contributed by atoms with E-state index in [2.05, 4.69) is 30.2 Å². The summed E-state index contributed by atoms with van der Waals surface area (Å²) in [6.07, 6.45) is 3.37. The van der Waals surface area contributed by atoms with E-state index in [9.17, 15) is 14.7 Å². The summed E-state index contributed by atoms with van der Waals surface area (Å²) < 4.78 is 0.659. The zero-order valence-corrected chi connectivity index (χ0v) is 20.5. The number of benzene rings is 1. The molecule has 0 aliphatic carbocycles. The molecule has 34 heavy (non-hydrogen) atoms. The van der Waals surface area contributed by atoms with E-state index < -0.39 is 24.0 Å². The molecule has 0 aliphatic rings. The van der Waals surface area contributed by atoms with Crippen LogP contribution in [0.25, 0.3) is 15.5 Å². The fourth-order valence-electron chi connectivity index (χ4n) is 3.69. The van der Waals surface area contributed by atoms with Gasteiger partial charge in [-0.05, 0) is 68.2 Å². The highest BCUT2D eigenvalue weighted by molar-refractivity contribution is 6.49. The van der Waals surface area contributed by atoms with Crippen molar-refractivity contribution in [2.75, 3.05) is 18.0 Å². The van der Waals surface area contributed by atoms with Crippen LogP contribution in [0.4, 0.5) is 11.4 Å². The van der Waals surface area contributed by atoms with E-state index in [1.54, 1.807) is 19.1 Å². The molecule has 178 valence electrons. The molecule has 1 heterocycles. The summed E-state index contributed by atoms with van der Waals surface area (Å²) in [5.74, 6) is -1.99. The van der Waals surface area contributed by atoms with Crippen LogP contribution in [0.5, 0.6) is 5.88 Å². The Morgan fingerprint density at radius 1 is 1.24 bits per heavy atom. The first-order valence-electron chi connectivity index (χ1n) is 10.7. The first kappa shape index (κ1) is 26.5. The molecule has 0 aliphatic heterocycles. The fourth-order valence-corrected chi connectivity index (χ4v) is 3.99. The molecule has 0 saturated heterocycles. The third-order valence-corrected chi connectivity index (χ3v) is 5.74. The van der Waals surface area contributed by atoms with Gasteiger partial charge < -0.3 is 15.1 Å². The first-order valence-corrected chi connectivity index (χ1v) is 11.1. The van der Waals surface area contributed by atoms with Crippen molar-refractivity contribution in [2.24, 2.45) is 0 Å². The number of halogens is 1. The van der Waals surface area contributed by atoms with E-state index in [4.69, 9.17) is 23.3 Å². The van der Waals surface area contributed by atoms with Gasteiger partial charge in [0.2, 0.25) is 5.69 Å². The number of hydrogen-bond acceptors (Lipinski definition) is 4. The second kappa shape index (κ2) is 11.4. The van der Waals surface area contributed by atoms with Crippen molar-refractivity contribution in [2.45, 2.75) is 34.2 Å². The topological polar surface area (TPSA) is 87.1 Å². The predicted molar refractivity (Wildman–Crippen MR) is 138 cm³/mol. The van der Waals surface area contributed by atoms with E-state index in [1.807, 2.05) is 24.3 Å². The zero-order valence-electron chi connectivity index (χ0n) is 19.7. The van der Waals surface area contributed by atoms with Crippen LogP contribution in [0, 0.1) is 13.5 Å². The average Bonchev–Trinajstić information content (AvgIpc) is 2.78. The van der Waals surface area contributed by atoms with Gasteiger partial charge in [0, 0.05) is 29.4 Å². The molecule has 1 aromatic heterocycles. The number of rotatable bonds is 9. The summed E-state index contributed by atoms with van der Waals surface area (Å²) in [5.41, 5.74) is 2.29. The number of carboxylic acid groups (broad SMARTS) is 1. The number of pyridine rings is 1. The van der Waals surface area contributed by atoms with Crippen LogP contribution in [-0.4, -0.2) is 33.8 Å². The Balaban J connectivity index is 2.44. The number of aromatic nitrogens is 1. The summed E-state index contributed by atoms with van der Waals surface area (Å²) in [5, 5.41) is 19.8. The highest BCUT2D eigenvalue weighted by atomic mass is 35.5. The molecule has 0 bridgehead atoms. The number of carboxylic acids is 1. The van der Waals surface area contributed by atoms with Crippen molar-refractivity contribution in [3.63, 3.8) is 0 Å². The van der Waals surface area contributed by atoms with Crippen LogP contribution < -0.4 is 10.5 Å². The number of aliphatic carboxylic acids is 1. The molecule has 0 atom stereocenters. The molecule has 0 amide bonds. The third kappa shape index (κ3) is 5.77. The van der Waals surface area contributed by atoms with Crippen molar-refractivity contribution in [3.8, 4) is 5.88 Å². The van der Waals surface area contributed by atoms with Crippen LogP contribution in [0.1, 0.15) is 37.5 Å². The molecule has 0 spiro atoms. The van der Waals surface area contributed by atoms with E-state index in [0.29, 0.717) is 15.2 Å². The normalized spacial score (nSPS) is 11.8. The lowest BCUT2D eigenvalue weighted by atomic mass is 10.00. The van der Waals surface area contributed by atoms with Crippen molar-refractivity contribution in [1.82, 2.24) is 4.57 Å². The Morgan fingerprint density at radius 2 is 1.82 bits per heavy atom. The molecular formula is C26H28ClN3O4. The number of anilines is 1. The van der Waals surface area contributed by atoms with Crippen LogP contribution in [0.2, 0.25) is 0 Å². The van der Waals surface area contributed by atoms with E-state index in [1.165, 1.54) is 6.92 Å². The molecule has 1 aromatic carbocycles. The predicted octanol–water partition coefficient (Wildman–Crippen LogP) is 5.58. The summed E-state index contributed by atoms with van der Waals surface area (Å²) in [6, 6.07) is 7.89. The quantitative estimate of drug-likeness (QED) is 0.360. The second-order valence-corrected chi connectivity index (χ2v) is 8.10. The summed E-state index contributed by atoms with van der Waals surface area (Å²) in [6.45, 7) is 19.8. The largest absolute Gasteiger partial charge is 0.503 e. The molecule has 0 fully saturated rings. The highest BCUT2D eigenvalue weighted by Gasteiger charge is 2.21. The van der Waals surface area contributed by atoms with Crippen LogP contribution in [-0.2, 0) is 11.3 Å². The van der Waals surface area contributed by atoms with Crippen LogP contribution >= 0.6 is 11.6 Å². The standard InChI is InChI=1S/C26H28ClN3O4/c1-7-29(8-2)20-11-9-19(10-12-20)21(27)14-16(3)13-17(4)23-18(5)24(28-6)26(34)30(25(23)33)15-22(31)32/h9-14,34H,4,7-8,15H2,1-3,5H3,(H,31,32)/b16-13?,21-14-. The Morgan fingerprint density at radius 3 is 2.32 bits per heavy atom. The third-order valence-electron chi connectivity index (χ3n) is 5.41. The average molecular weight is 482 g/mol. The maximum atomic E-state index is 12.9. The van der Waals surface area contributed by atoms with E-state index in [-0.39, 0.29) is 22.4 Å². The maximum absolute atomic E-state index is 12.9. The number of nitrogens with zero attached hydrogens (tertiary/aromatic N) is 3. The molecule has 0 unspecified atom stereocenters. The highest BCUT2D eigenvalue weighted by Crippen LogP contribution is 2.33. The molecular weight excluding hydrogens is 454 g/mol. The molecule has 2 N–H and O–H groups in total. The minimum atomic E-state index is -1.32. The summed E-state index contributed by atoms with van der Waals surface area (Å²) in [4.78, 5) is 29.6. The molecule has 2 aromatic rings. The van der Waals surface area contributed by atoms with E-state index in [0.717, 1.165) is 24.3 Å². The van der Waals surface area contributed by atoms with Crippen molar-refractivity contribution in [3.05, 3.63) is 87.0 Å². The molecule has 8 heteroatoms. The molecule has 0 radical (unpaired) electrons. The van der Waals surface area contributed by atoms with Gasteiger partial charge in [-0.2, -0.15) is 0 Å². The van der Waals surface area contributed by atoms with Gasteiger partial charge in [0.15, 0.2) is 5.88 Å². The zero-order chi connectivity index (χ0) is 25.6. The summed E-state index contributed by atoms with van der Waals surface area (Å²) in [7, 11) is 0. The van der Waals surface area contributed by atoms with Crippen molar-refractivity contribution < 1.29 is 15.0 Å². The summed E-state index contributed by atoms with van der Waals surface area (Å²) >= 11 is 6.52. The first-order chi connectivity index (χ1) is 16.0. The molecule has 0 saturated carbocycles. The van der Waals surface area contributed by atoms with Crippen molar-refractivity contribution >= 4 is 39.6 Å². The van der Waals surface area contributed by atoms with Crippen LogP contribution in [0.15, 0.2) is 53.4 Å². The lowest BCUT2D eigenvalue weighted by Gasteiger charge is -2.21. The van der Waals surface area contributed by atoms with Gasteiger partial charge in [0.1, 0.15) is 6.54 Å². The molecule has 2 rings (SSSR count). The smallest absolute Gasteiger partial charge is 0.323 e. The minimum absolute atomic E-state index is 0.0671. The number of aromatic hydroxyl groups is 1. The van der Waals surface area contributed by atoms with Gasteiger partial charge in [0.05, 0.1) is 6.57 Å². The van der Waals surface area contributed by atoms with Gasteiger partial charge >= 0.3 is 5.97 Å². The fraction of sp³-hybridized carbons (Fsp3) is 0.269. The van der Waals surface area contributed by atoms with Gasteiger partial charge in [0.25, 0.3) is 5.56 Å². The Hall–Kier alpha value is -3.76. The van der Waals surface area contributed by atoms with Crippen LogP contribution in [0.3, 0.4) is 0 Å². The maximum Gasteiger partial charge on any atom is 0.323 e. The number of allylic oxidation sites excluding steroid dienone is 4. The SMILES string of the molecule is [C-]#[N+]c1c(C)c(C(=C)C=C(C)/C=C(\Cl)c2ccc(N(CC)CC)cc2)c(=O)n(CC(=O)O)c1O. The van der Waals surface area contributed by atoms with Gasteiger partial charge in [-0.3, -0.25) is 14.2 Å². The Kier molecular flexibility index (Phi) is 8.88. The van der Waals surface area contributed by atoms with E-state index >= 15 is 0 Å². The van der Waals surface area contributed by atoms with Gasteiger partial charge in [-0.15, -0.1) is 0 Å². The number of hydrogen-bond donors (Lipinski definition) is 2. The monoisotopic (exact) mass is 481 g/mol. The minimum Gasteiger partial charge on any atom is -0.503 e. The Labute approximate surface area is 204 Å². The van der Waals surface area contributed by atoms with Gasteiger partial charge in [-0.1, -0.05) is 36.4 Å². The lowest BCUT2D eigenvalue weighted by molar-refractivity contribution is -0.137. The number of carbonyl (C=O) groups is 1. The van der Waals surface area contributed by atoms with Crippen molar-refractivity contribution in [1.29, 1.82) is 0 Å². The Bertz CT molecular complexity index is 1260. The molecule has 7 nitrogen and oxygen atoms in total. The lowest BCUT2D eigenvalue weighted by Crippen LogP contribution is -2.27.